The van der Waals surface area contributed by atoms with Crippen molar-refractivity contribution < 1.29 is 9.59 Å². The van der Waals surface area contributed by atoms with Crippen LogP contribution in [0.1, 0.15) is 23.2 Å². The molecule has 1 aliphatic heterocycles. The lowest BCUT2D eigenvalue weighted by atomic mass is 10.0. The molecule has 0 unspecified atom stereocenters. The molecular weight excluding hydrogens is 344 g/mol. The van der Waals surface area contributed by atoms with Crippen LogP contribution in [0, 0.1) is 0 Å². The van der Waals surface area contributed by atoms with Gasteiger partial charge in [0.25, 0.3) is 5.91 Å². The van der Waals surface area contributed by atoms with Crippen LogP contribution >= 0.6 is 0 Å². The Morgan fingerprint density at radius 2 is 1.89 bits per heavy atom. The van der Waals surface area contributed by atoms with Crippen molar-refractivity contribution in [2.75, 3.05) is 32.5 Å². The van der Waals surface area contributed by atoms with E-state index in [1.54, 1.807) is 24.3 Å². The molecular formula is C19H26N6O2. The summed E-state index contributed by atoms with van der Waals surface area (Å²) in [4.78, 5) is 35.8. The number of rotatable bonds is 4. The van der Waals surface area contributed by atoms with Crippen LogP contribution < -0.4 is 11.1 Å². The number of likely N-dealkylation sites (tertiary alicyclic amines) is 1. The first-order valence-electron chi connectivity index (χ1n) is 8.76. The van der Waals surface area contributed by atoms with Crippen molar-refractivity contribution in [2.45, 2.75) is 18.9 Å². The van der Waals surface area contributed by atoms with Crippen LogP contribution in [0.5, 0.6) is 0 Å². The van der Waals surface area contributed by atoms with Gasteiger partial charge in [0.1, 0.15) is 0 Å². The van der Waals surface area contributed by atoms with Crippen molar-refractivity contribution in [2.24, 2.45) is 15.7 Å². The number of amides is 3. The molecule has 144 valence electrons. The minimum absolute atomic E-state index is 0.00566. The number of nitrogens with zero attached hydrogens (tertiary/aromatic N) is 4. The first-order chi connectivity index (χ1) is 12.9. The number of guanidine groups is 1. The molecule has 1 aromatic carbocycles. The van der Waals surface area contributed by atoms with Gasteiger partial charge in [0.05, 0.1) is 0 Å². The third kappa shape index (κ3) is 6.03. The number of allylic oxidation sites excluding steroid dienone is 1. The summed E-state index contributed by atoms with van der Waals surface area (Å²) >= 11 is 0. The second-order valence-electron chi connectivity index (χ2n) is 6.48. The number of carbonyl (C=O) groups excluding carboxylic acids is 2. The summed E-state index contributed by atoms with van der Waals surface area (Å²) in [6.45, 7) is 4.95. The van der Waals surface area contributed by atoms with Crippen LogP contribution in [-0.2, 0) is 0 Å². The Bertz CT molecular complexity index is 731. The van der Waals surface area contributed by atoms with Gasteiger partial charge >= 0.3 is 6.03 Å². The molecule has 2 rings (SSSR count). The standard InChI is InChI=1S/C19H26N6O2/c1-4-11-21-18(20)23-19(27)22-15-7-5-14(6-8-15)17(26)25-12-9-16(10-13-25)24(2)3/h4-8,11,16H,1,9-10,12-13H2,2-3H3,(H3,20,22,23,27)/b21-11-. The Kier molecular flexibility index (Phi) is 7.25. The smallest absolute Gasteiger partial charge is 0.348 e. The fraction of sp³-hybridized carbons (Fsp3) is 0.368. The van der Waals surface area contributed by atoms with E-state index in [0.29, 0.717) is 17.3 Å². The first kappa shape index (κ1) is 20.3. The normalized spacial score (nSPS) is 16.0. The van der Waals surface area contributed by atoms with Gasteiger partial charge in [0.15, 0.2) is 0 Å². The molecule has 8 nitrogen and oxygen atoms in total. The molecule has 1 saturated heterocycles. The van der Waals surface area contributed by atoms with Gasteiger partial charge in [-0.3, -0.25) is 4.79 Å². The molecule has 1 heterocycles. The molecule has 0 atom stereocenters. The molecule has 1 aliphatic rings. The molecule has 0 aromatic heterocycles. The van der Waals surface area contributed by atoms with Gasteiger partial charge in [0.2, 0.25) is 5.96 Å². The number of hydrogen-bond acceptors (Lipinski definition) is 3. The molecule has 1 fully saturated rings. The van der Waals surface area contributed by atoms with Gasteiger partial charge in [-0.1, -0.05) is 12.7 Å². The Balaban J connectivity index is 1.93. The van der Waals surface area contributed by atoms with E-state index in [9.17, 15) is 9.59 Å². The monoisotopic (exact) mass is 370 g/mol. The molecule has 27 heavy (non-hydrogen) atoms. The van der Waals surface area contributed by atoms with Gasteiger partial charge < -0.3 is 20.9 Å². The van der Waals surface area contributed by atoms with Gasteiger partial charge in [0, 0.05) is 36.6 Å². The molecule has 1 aromatic rings. The van der Waals surface area contributed by atoms with Crippen molar-refractivity contribution in [3.63, 3.8) is 0 Å². The third-order valence-corrected chi connectivity index (χ3v) is 4.39. The zero-order valence-corrected chi connectivity index (χ0v) is 15.8. The summed E-state index contributed by atoms with van der Waals surface area (Å²) in [5.41, 5.74) is 6.59. The lowest BCUT2D eigenvalue weighted by Gasteiger charge is -2.35. The van der Waals surface area contributed by atoms with E-state index in [-0.39, 0.29) is 11.9 Å². The van der Waals surface area contributed by atoms with E-state index >= 15 is 0 Å². The number of benzene rings is 1. The number of carbonyl (C=O) groups is 2. The van der Waals surface area contributed by atoms with E-state index in [1.165, 1.54) is 12.3 Å². The highest BCUT2D eigenvalue weighted by molar-refractivity contribution is 6.01. The maximum Gasteiger partial charge on any atom is 0.348 e. The van der Waals surface area contributed by atoms with E-state index < -0.39 is 6.03 Å². The molecule has 8 heteroatoms. The van der Waals surface area contributed by atoms with Gasteiger partial charge in [-0.2, -0.15) is 4.99 Å². The van der Waals surface area contributed by atoms with Gasteiger partial charge in [-0.05, 0) is 51.2 Å². The fourth-order valence-electron chi connectivity index (χ4n) is 2.88. The summed E-state index contributed by atoms with van der Waals surface area (Å²) in [7, 11) is 4.14. The highest BCUT2D eigenvalue weighted by Crippen LogP contribution is 2.18. The number of hydrogen-bond donors (Lipinski definition) is 2. The van der Waals surface area contributed by atoms with Crippen LogP contribution in [0.3, 0.4) is 0 Å². The van der Waals surface area contributed by atoms with Crippen LogP contribution in [0.4, 0.5) is 10.5 Å². The van der Waals surface area contributed by atoms with Crippen molar-refractivity contribution in [1.82, 2.24) is 9.80 Å². The number of nitrogens with two attached hydrogens (primary N) is 1. The molecule has 0 aliphatic carbocycles. The van der Waals surface area contributed by atoms with Crippen molar-refractivity contribution in [3.8, 4) is 0 Å². The summed E-state index contributed by atoms with van der Waals surface area (Å²) in [5.74, 6) is -0.161. The maximum absolute atomic E-state index is 12.6. The van der Waals surface area contributed by atoms with Crippen molar-refractivity contribution >= 4 is 29.8 Å². The SMILES string of the molecule is C=C/C=N\C(N)=N\C(=O)Nc1ccc(C(=O)N2CCC(N(C)C)CC2)cc1. The molecule has 3 amide bonds. The lowest BCUT2D eigenvalue weighted by Crippen LogP contribution is -2.44. The van der Waals surface area contributed by atoms with E-state index in [0.717, 1.165) is 25.9 Å². The summed E-state index contributed by atoms with van der Waals surface area (Å²) in [6, 6.07) is 6.60. The minimum atomic E-state index is -0.640. The highest BCUT2D eigenvalue weighted by atomic mass is 16.2. The lowest BCUT2D eigenvalue weighted by molar-refractivity contribution is 0.0663. The zero-order valence-electron chi connectivity index (χ0n) is 15.8. The molecule has 3 N–H and O–H groups in total. The van der Waals surface area contributed by atoms with E-state index in [1.807, 2.05) is 4.90 Å². The second-order valence-corrected chi connectivity index (χ2v) is 6.48. The zero-order chi connectivity index (χ0) is 19.8. The quantitative estimate of drug-likeness (QED) is 0.624. The topological polar surface area (TPSA) is 103 Å². The van der Waals surface area contributed by atoms with Crippen LogP contribution in [0.2, 0.25) is 0 Å². The summed E-state index contributed by atoms with van der Waals surface area (Å²) < 4.78 is 0. The number of urea groups is 1. The van der Waals surface area contributed by atoms with E-state index in [2.05, 4.69) is 40.9 Å². The second kappa shape index (κ2) is 9.63. The van der Waals surface area contributed by atoms with Gasteiger partial charge in [-0.15, -0.1) is 0 Å². The summed E-state index contributed by atoms with van der Waals surface area (Å²) in [6.07, 6.45) is 4.72. The Labute approximate surface area is 159 Å². The molecule has 0 bridgehead atoms. The fourth-order valence-corrected chi connectivity index (χ4v) is 2.88. The van der Waals surface area contributed by atoms with Crippen LogP contribution in [-0.4, -0.2) is 67.1 Å². The number of piperidine rings is 1. The largest absolute Gasteiger partial charge is 0.368 e. The Morgan fingerprint density at radius 1 is 1.26 bits per heavy atom. The minimum Gasteiger partial charge on any atom is -0.368 e. The average molecular weight is 370 g/mol. The third-order valence-electron chi connectivity index (χ3n) is 4.39. The van der Waals surface area contributed by atoms with Crippen LogP contribution in [0.15, 0.2) is 46.9 Å². The molecule has 0 saturated carbocycles. The Morgan fingerprint density at radius 3 is 2.44 bits per heavy atom. The molecule has 0 radical (unpaired) electrons. The van der Waals surface area contributed by atoms with Crippen molar-refractivity contribution in [3.05, 3.63) is 42.5 Å². The molecule has 0 spiro atoms. The summed E-state index contributed by atoms with van der Waals surface area (Å²) in [5, 5.41) is 2.58. The maximum atomic E-state index is 12.6. The first-order valence-corrected chi connectivity index (χ1v) is 8.76. The number of nitrogens with one attached hydrogen (secondary N) is 1. The number of anilines is 1. The highest BCUT2D eigenvalue weighted by Gasteiger charge is 2.24. The van der Waals surface area contributed by atoms with Gasteiger partial charge in [-0.25, -0.2) is 9.79 Å². The predicted octanol–water partition coefficient (Wildman–Crippen LogP) is 1.96. The average Bonchev–Trinajstić information content (AvgIpc) is 2.66. The van der Waals surface area contributed by atoms with E-state index in [4.69, 9.17) is 5.73 Å². The number of aliphatic imine (C=N–C) groups is 2. The van der Waals surface area contributed by atoms with Crippen molar-refractivity contribution in [1.29, 1.82) is 0 Å². The Hall–Kier alpha value is -3.00. The van der Waals surface area contributed by atoms with Crippen LogP contribution in [0.25, 0.3) is 0 Å². The predicted molar refractivity (Wildman–Crippen MR) is 108 cm³/mol.